The van der Waals surface area contributed by atoms with Crippen molar-refractivity contribution in [1.82, 2.24) is 0 Å². The van der Waals surface area contributed by atoms with Crippen molar-refractivity contribution >= 4 is 17.6 Å². The van der Waals surface area contributed by atoms with Gasteiger partial charge in [0.05, 0.1) is 6.10 Å². The molecule has 0 amide bonds. The first-order valence-corrected chi connectivity index (χ1v) is 10.7. The molecule has 0 aromatic rings. The molecular weight excluding hydrogens is 348 g/mol. The predicted molar refractivity (Wildman–Crippen MR) is 110 cm³/mol. The van der Waals surface area contributed by atoms with Gasteiger partial charge in [-0.2, -0.15) is 0 Å². The number of aliphatic carboxylic acids is 1. The summed E-state index contributed by atoms with van der Waals surface area (Å²) in [6.07, 6.45) is 19.3. The van der Waals surface area contributed by atoms with Crippen molar-refractivity contribution in [3.05, 3.63) is 24.3 Å². The Kier molecular flexibility index (Phi) is 11.2. The summed E-state index contributed by atoms with van der Waals surface area (Å²) in [4.78, 5) is 9.94. The summed E-state index contributed by atoms with van der Waals surface area (Å²) in [5, 5.41) is 18.8. The average molecular weight is 385 g/mol. The van der Waals surface area contributed by atoms with Crippen LogP contribution in [0.1, 0.15) is 84.5 Å². The molecule has 0 bridgehead atoms. The predicted octanol–water partition coefficient (Wildman–Crippen LogP) is 6.10. The molecule has 150 valence electrons. The van der Waals surface area contributed by atoms with Gasteiger partial charge in [-0.05, 0) is 76.0 Å². The molecule has 2 rings (SSSR count). The number of aliphatic hydroxyl groups excluding tert-OH is 1. The molecule has 0 saturated heterocycles. The summed E-state index contributed by atoms with van der Waals surface area (Å²) in [5.74, 6) is -0.0526. The molecule has 0 spiro atoms. The number of aliphatic hydroxyl groups is 1. The highest BCUT2D eigenvalue weighted by Crippen LogP contribution is 2.47. The van der Waals surface area contributed by atoms with Gasteiger partial charge in [-0.15, -0.1) is 11.6 Å². The van der Waals surface area contributed by atoms with E-state index in [0.29, 0.717) is 11.3 Å². The first kappa shape index (κ1) is 23.2. The van der Waals surface area contributed by atoms with Crippen molar-refractivity contribution in [3.63, 3.8) is 0 Å². The van der Waals surface area contributed by atoms with Gasteiger partial charge in [0.25, 0.3) is 0 Å². The van der Waals surface area contributed by atoms with Crippen LogP contribution in [0.15, 0.2) is 24.3 Å². The smallest absolute Gasteiger partial charge is 0.303 e. The standard InChI is InChI=1S/C15H25ClO.C7H12O2/c1-2-15(9-4-10-15)14(17)6-3-5-12-7-8-13(16)11-12;1-2-3-4-5-6-7(8)9/h3,5,12-14,17H,2,4,6-11H2,1H3;2-3H,4-6H2,1H3,(H,8,9)/b5-3+;3-2-. The van der Waals surface area contributed by atoms with Crippen LogP contribution in [-0.2, 0) is 4.79 Å². The zero-order valence-electron chi connectivity index (χ0n) is 16.5. The van der Waals surface area contributed by atoms with Gasteiger partial charge in [0.15, 0.2) is 0 Å². The number of hydrogen-bond donors (Lipinski definition) is 2. The molecule has 0 radical (unpaired) electrons. The molecule has 3 atom stereocenters. The van der Waals surface area contributed by atoms with E-state index in [-0.39, 0.29) is 17.9 Å². The van der Waals surface area contributed by atoms with E-state index < -0.39 is 5.97 Å². The van der Waals surface area contributed by atoms with Gasteiger partial charge in [0.2, 0.25) is 0 Å². The summed E-state index contributed by atoms with van der Waals surface area (Å²) >= 11 is 6.09. The maximum atomic E-state index is 10.3. The molecule has 2 N–H and O–H groups in total. The molecular formula is C22H37ClO3. The third-order valence-corrected chi connectivity index (χ3v) is 6.33. The summed E-state index contributed by atoms with van der Waals surface area (Å²) in [6.45, 7) is 4.14. The molecule has 26 heavy (non-hydrogen) atoms. The zero-order chi connectivity index (χ0) is 19.4. The second kappa shape index (κ2) is 12.6. The Morgan fingerprint density at radius 1 is 1.31 bits per heavy atom. The number of hydrogen-bond acceptors (Lipinski definition) is 2. The normalized spacial score (nSPS) is 25.7. The van der Waals surface area contributed by atoms with Crippen molar-refractivity contribution < 1.29 is 15.0 Å². The zero-order valence-corrected chi connectivity index (χ0v) is 17.3. The molecule has 0 aliphatic heterocycles. The fourth-order valence-corrected chi connectivity index (χ4v) is 4.23. The number of halogens is 1. The molecule has 3 unspecified atom stereocenters. The van der Waals surface area contributed by atoms with Crippen LogP contribution in [0.3, 0.4) is 0 Å². The van der Waals surface area contributed by atoms with Crippen LogP contribution in [0.2, 0.25) is 0 Å². The second-order valence-corrected chi connectivity index (χ2v) is 8.39. The van der Waals surface area contributed by atoms with Crippen LogP contribution in [0.25, 0.3) is 0 Å². The van der Waals surface area contributed by atoms with Crippen LogP contribution < -0.4 is 0 Å². The van der Waals surface area contributed by atoms with E-state index >= 15 is 0 Å². The molecule has 0 aromatic carbocycles. The quantitative estimate of drug-likeness (QED) is 0.287. The first-order valence-electron chi connectivity index (χ1n) is 10.2. The number of allylic oxidation sites excluding steroid dienone is 3. The lowest BCUT2D eigenvalue weighted by atomic mass is 9.63. The van der Waals surface area contributed by atoms with Gasteiger partial charge in [0, 0.05) is 11.8 Å². The third-order valence-electron chi connectivity index (χ3n) is 5.93. The Morgan fingerprint density at radius 3 is 2.50 bits per heavy atom. The monoisotopic (exact) mass is 384 g/mol. The Balaban J connectivity index is 0.000000321. The topological polar surface area (TPSA) is 57.5 Å². The Bertz CT molecular complexity index is 449. The third kappa shape index (κ3) is 8.26. The number of unbranched alkanes of at least 4 members (excludes halogenated alkanes) is 1. The van der Waals surface area contributed by atoms with Gasteiger partial charge in [-0.1, -0.05) is 37.6 Å². The molecule has 3 nitrogen and oxygen atoms in total. The van der Waals surface area contributed by atoms with E-state index in [1.807, 2.05) is 19.1 Å². The van der Waals surface area contributed by atoms with Crippen molar-refractivity contribution in [2.24, 2.45) is 11.3 Å². The number of rotatable bonds is 9. The van der Waals surface area contributed by atoms with E-state index in [0.717, 1.165) is 38.5 Å². The fourth-order valence-electron chi connectivity index (χ4n) is 3.87. The highest BCUT2D eigenvalue weighted by Gasteiger charge is 2.40. The number of carboxylic acids is 1. The van der Waals surface area contributed by atoms with Crippen molar-refractivity contribution in [2.45, 2.75) is 96.0 Å². The summed E-state index contributed by atoms with van der Waals surface area (Å²) in [6, 6.07) is 0. The van der Waals surface area contributed by atoms with Crippen LogP contribution >= 0.6 is 11.6 Å². The van der Waals surface area contributed by atoms with E-state index in [4.69, 9.17) is 16.7 Å². The lowest BCUT2D eigenvalue weighted by molar-refractivity contribution is -0.137. The van der Waals surface area contributed by atoms with Crippen LogP contribution in [-0.4, -0.2) is 27.7 Å². The maximum Gasteiger partial charge on any atom is 0.303 e. The van der Waals surface area contributed by atoms with Gasteiger partial charge in [-0.3, -0.25) is 4.79 Å². The Hall–Kier alpha value is -0.800. The largest absolute Gasteiger partial charge is 0.481 e. The minimum Gasteiger partial charge on any atom is -0.481 e. The number of carbonyl (C=O) groups is 1. The van der Waals surface area contributed by atoms with E-state index in [2.05, 4.69) is 19.1 Å². The molecule has 2 saturated carbocycles. The SMILES string of the molecule is C/C=C\CCCC(=O)O.CCC1(C(O)C/C=C/C2CCC(Cl)C2)CCC1. The van der Waals surface area contributed by atoms with Gasteiger partial charge >= 0.3 is 5.97 Å². The van der Waals surface area contributed by atoms with E-state index in [1.54, 1.807) is 0 Å². The molecule has 2 aliphatic rings. The van der Waals surface area contributed by atoms with E-state index in [9.17, 15) is 9.90 Å². The molecule has 4 heteroatoms. The lowest BCUT2D eigenvalue weighted by Crippen LogP contribution is -2.40. The van der Waals surface area contributed by atoms with Gasteiger partial charge < -0.3 is 10.2 Å². The Morgan fingerprint density at radius 2 is 2.04 bits per heavy atom. The maximum absolute atomic E-state index is 10.3. The average Bonchev–Trinajstić information content (AvgIpc) is 2.97. The molecule has 2 fully saturated rings. The number of alkyl halides is 1. The van der Waals surface area contributed by atoms with Crippen LogP contribution in [0.4, 0.5) is 0 Å². The van der Waals surface area contributed by atoms with Gasteiger partial charge in [0.1, 0.15) is 0 Å². The minimum atomic E-state index is -0.709. The Labute approximate surface area is 164 Å². The van der Waals surface area contributed by atoms with Crippen LogP contribution in [0.5, 0.6) is 0 Å². The van der Waals surface area contributed by atoms with Crippen molar-refractivity contribution in [1.29, 1.82) is 0 Å². The van der Waals surface area contributed by atoms with E-state index in [1.165, 1.54) is 25.7 Å². The summed E-state index contributed by atoms with van der Waals surface area (Å²) in [5.41, 5.74) is 0.245. The second-order valence-electron chi connectivity index (χ2n) is 7.77. The van der Waals surface area contributed by atoms with Crippen LogP contribution in [0, 0.1) is 11.3 Å². The fraction of sp³-hybridized carbons (Fsp3) is 0.773. The van der Waals surface area contributed by atoms with Crippen molar-refractivity contribution in [3.8, 4) is 0 Å². The minimum absolute atomic E-state index is 0.134. The highest BCUT2D eigenvalue weighted by molar-refractivity contribution is 6.20. The summed E-state index contributed by atoms with van der Waals surface area (Å²) < 4.78 is 0. The molecule has 0 aromatic heterocycles. The lowest BCUT2D eigenvalue weighted by Gasteiger charge is -2.45. The van der Waals surface area contributed by atoms with Crippen molar-refractivity contribution in [2.75, 3.05) is 0 Å². The number of carboxylic acid groups (broad SMARTS) is 1. The molecule has 2 aliphatic carbocycles. The first-order chi connectivity index (χ1) is 12.4. The summed E-state index contributed by atoms with van der Waals surface area (Å²) in [7, 11) is 0. The highest BCUT2D eigenvalue weighted by atomic mass is 35.5. The van der Waals surface area contributed by atoms with Gasteiger partial charge in [-0.25, -0.2) is 0 Å². The molecule has 0 heterocycles.